The number of hydrogen-bond acceptors (Lipinski definition) is 5. The molecule has 0 bridgehead atoms. The highest BCUT2D eigenvalue weighted by molar-refractivity contribution is 5.76. The number of benzene rings is 1. The van der Waals surface area contributed by atoms with E-state index in [9.17, 15) is 19.7 Å². The van der Waals surface area contributed by atoms with Crippen molar-refractivity contribution in [2.24, 2.45) is 0 Å². The van der Waals surface area contributed by atoms with Crippen molar-refractivity contribution >= 4 is 17.7 Å². The highest BCUT2D eigenvalue weighted by Crippen LogP contribution is 2.11. The number of amides is 2. The van der Waals surface area contributed by atoms with Crippen molar-refractivity contribution in [1.82, 2.24) is 10.6 Å². The molecule has 1 aromatic rings. The summed E-state index contributed by atoms with van der Waals surface area (Å²) >= 11 is 0. The van der Waals surface area contributed by atoms with Crippen LogP contribution in [0.2, 0.25) is 0 Å². The molecule has 21 heavy (non-hydrogen) atoms. The lowest BCUT2D eigenvalue weighted by Gasteiger charge is -2.09. The van der Waals surface area contributed by atoms with E-state index in [1.807, 2.05) is 0 Å². The summed E-state index contributed by atoms with van der Waals surface area (Å²) in [5, 5.41) is 32.5. The Morgan fingerprint density at radius 1 is 1.24 bits per heavy atom. The van der Waals surface area contributed by atoms with Gasteiger partial charge in [-0.25, -0.2) is 9.59 Å². The number of urea groups is 1. The second-order valence-corrected chi connectivity index (χ2v) is 4.16. The first kappa shape index (κ1) is 16.4. The van der Waals surface area contributed by atoms with Crippen molar-refractivity contribution in [2.75, 3.05) is 13.1 Å². The minimum Gasteiger partial charge on any atom is -0.479 e. The molecule has 0 heterocycles. The van der Waals surface area contributed by atoms with Crippen LogP contribution in [0.1, 0.15) is 5.56 Å². The van der Waals surface area contributed by atoms with Crippen LogP contribution in [0.3, 0.4) is 0 Å². The Bertz CT molecular complexity index is 516. The molecule has 0 saturated carbocycles. The lowest BCUT2D eigenvalue weighted by Crippen LogP contribution is -2.42. The molecule has 0 aliphatic rings. The quantitative estimate of drug-likeness (QED) is 0.408. The molecular weight excluding hydrogens is 282 g/mol. The van der Waals surface area contributed by atoms with Gasteiger partial charge in [0.15, 0.2) is 6.10 Å². The predicted octanol–water partition coefficient (Wildman–Crippen LogP) is -0.118. The molecule has 0 aromatic heterocycles. The van der Waals surface area contributed by atoms with Crippen LogP contribution in [-0.4, -0.2) is 46.3 Å². The lowest BCUT2D eigenvalue weighted by atomic mass is 10.1. The maximum Gasteiger partial charge on any atom is 0.334 e. The minimum atomic E-state index is -1.65. The first-order valence-corrected chi connectivity index (χ1v) is 6.06. The molecule has 0 saturated heterocycles. The average molecular weight is 297 g/mol. The summed E-state index contributed by atoms with van der Waals surface area (Å²) in [6.45, 7) is -0.120. The van der Waals surface area contributed by atoms with E-state index in [2.05, 4.69) is 10.6 Å². The number of hydrogen-bond donors (Lipinski definition) is 4. The zero-order chi connectivity index (χ0) is 15.8. The van der Waals surface area contributed by atoms with Crippen molar-refractivity contribution in [3.63, 3.8) is 0 Å². The van der Waals surface area contributed by atoms with Crippen LogP contribution < -0.4 is 10.6 Å². The van der Waals surface area contributed by atoms with Gasteiger partial charge in [0, 0.05) is 18.7 Å². The summed E-state index contributed by atoms with van der Waals surface area (Å²) in [5.41, 5.74) is 0.804. The Balaban J connectivity index is 2.28. The van der Waals surface area contributed by atoms with Crippen LogP contribution in [0, 0.1) is 10.1 Å². The van der Waals surface area contributed by atoms with Gasteiger partial charge in [-0.1, -0.05) is 12.1 Å². The number of aliphatic hydroxyl groups is 1. The number of carboxylic acids is 1. The smallest absolute Gasteiger partial charge is 0.334 e. The largest absolute Gasteiger partial charge is 0.479 e. The number of carbonyl (C=O) groups excluding carboxylic acids is 1. The number of nitrogens with zero attached hydrogens (tertiary/aromatic N) is 1. The van der Waals surface area contributed by atoms with Crippen LogP contribution in [-0.2, 0) is 11.2 Å². The van der Waals surface area contributed by atoms with E-state index >= 15 is 0 Å². The number of nitrogens with one attached hydrogen (secondary N) is 2. The second-order valence-electron chi connectivity index (χ2n) is 4.16. The zero-order valence-electron chi connectivity index (χ0n) is 11.0. The van der Waals surface area contributed by atoms with Crippen molar-refractivity contribution in [2.45, 2.75) is 12.5 Å². The summed E-state index contributed by atoms with van der Waals surface area (Å²) in [7, 11) is 0. The number of rotatable bonds is 7. The number of nitro groups is 1. The van der Waals surface area contributed by atoms with Gasteiger partial charge in [-0.2, -0.15) is 0 Å². The SMILES string of the molecule is O=C(NCCc1ccc([N+](=O)[O-])cc1)NC[C@H](O)C(=O)O. The molecule has 0 radical (unpaired) electrons. The van der Waals surface area contributed by atoms with Gasteiger partial charge in [-0.05, 0) is 12.0 Å². The molecule has 114 valence electrons. The average Bonchev–Trinajstić information content (AvgIpc) is 2.45. The van der Waals surface area contributed by atoms with Crippen LogP contribution >= 0.6 is 0 Å². The number of carbonyl (C=O) groups is 2. The van der Waals surface area contributed by atoms with E-state index in [4.69, 9.17) is 10.2 Å². The maximum absolute atomic E-state index is 11.3. The number of non-ortho nitro benzene ring substituents is 1. The van der Waals surface area contributed by atoms with Crippen molar-refractivity contribution in [1.29, 1.82) is 0 Å². The molecule has 0 fully saturated rings. The molecular formula is C12H15N3O6. The molecule has 4 N–H and O–H groups in total. The van der Waals surface area contributed by atoms with Gasteiger partial charge in [-0.3, -0.25) is 10.1 Å². The Labute approximate surface area is 119 Å². The second kappa shape index (κ2) is 7.80. The monoisotopic (exact) mass is 297 g/mol. The highest BCUT2D eigenvalue weighted by atomic mass is 16.6. The molecule has 0 aliphatic carbocycles. The fourth-order valence-electron chi connectivity index (χ4n) is 1.44. The summed E-state index contributed by atoms with van der Waals surface area (Å²) < 4.78 is 0. The molecule has 1 aromatic carbocycles. The molecule has 0 spiro atoms. The molecule has 9 heteroatoms. The van der Waals surface area contributed by atoms with E-state index in [0.717, 1.165) is 5.56 Å². The van der Waals surface area contributed by atoms with E-state index in [-0.39, 0.29) is 12.2 Å². The van der Waals surface area contributed by atoms with Crippen molar-refractivity contribution < 1.29 is 24.7 Å². The van der Waals surface area contributed by atoms with Crippen molar-refractivity contribution in [3.05, 3.63) is 39.9 Å². The van der Waals surface area contributed by atoms with E-state index in [0.29, 0.717) is 6.42 Å². The van der Waals surface area contributed by atoms with Crippen LogP contribution in [0.15, 0.2) is 24.3 Å². The fourth-order valence-corrected chi connectivity index (χ4v) is 1.44. The van der Waals surface area contributed by atoms with Crippen LogP contribution in [0.5, 0.6) is 0 Å². The van der Waals surface area contributed by atoms with Gasteiger partial charge >= 0.3 is 12.0 Å². The predicted molar refractivity (Wildman–Crippen MR) is 71.8 cm³/mol. The Morgan fingerprint density at radius 2 is 1.86 bits per heavy atom. The molecule has 1 rings (SSSR count). The fraction of sp³-hybridized carbons (Fsp3) is 0.333. The molecule has 0 aliphatic heterocycles. The van der Waals surface area contributed by atoms with Gasteiger partial charge in [0.25, 0.3) is 5.69 Å². The Hall–Kier alpha value is -2.68. The molecule has 2 amide bonds. The first-order valence-electron chi connectivity index (χ1n) is 6.06. The number of nitro benzene ring substituents is 1. The summed E-state index contributed by atoms with van der Waals surface area (Å²) in [5.74, 6) is -1.42. The van der Waals surface area contributed by atoms with E-state index < -0.39 is 29.6 Å². The zero-order valence-corrected chi connectivity index (χ0v) is 11.0. The highest BCUT2D eigenvalue weighted by Gasteiger charge is 2.13. The Morgan fingerprint density at radius 3 is 2.38 bits per heavy atom. The van der Waals surface area contributed by atoms with Gasteiger partial charge in [-0.15, -0.1) is 0 Å². The van der Waals surface area contributed by atoms with Gasteiger partial charge in [0.1, 0.15) is 0 Å². The van der Waals surface area contributed by atoms with Crippen LogP contribution in [0.4, 0.5) is 10.5 Å². The normalized spacial score (nSPS) is 11.5. The van der Waals surface area contributed by atoms with Crippen LogP contribution in [0.25, 0.3) is 0 Å². The third-order valence-corrected chi connectivity index (χ3v) is 2.59. The number of aliphatic hydroxyl groups excluding tert-OH is 1. The Kier molecular flexibility index (Phi) is 6.08. The number of aliphatic carboxylic acids is 1. The lowest BCUT2D eigenvalue weighted by molar-refractivity contribution is -0.384. The summed E-state index contributed by atoms with van der Waals surface area (Å²) in [6.07, 6.45) is -1.18. The topological polar surface area (TPSA) is 142 Å². The standard InChI is InChI=1S/C12H15N3O6/c16-10(11(17)18)7-14-12(19)13-6-5-8-1-3-9(4-2-8)15(20)21/h1-4,10,16H,5-7H2,(H,17,18)(H2,13,14,19)/t10-/m0/s1. The van der Waals surface area contributed by atoms with Gasteiger partial charge in [0.05, 0.1) is 11.5 Å². The molecule has 9 nitrogen and oxygen atoms in total. The molecule has 1 atom stereocenters. The van der Waals surface area contributed by atoms with Gasteiger partial charge in [0.2, 0.25) is 0 Å². The summed E-state index contributed by atoms with van der Waals surface area (Å²) in [4.78, 5) is 31.6. The third-order valence-electron chi connectivity index (χ3n) is 2.59. The molecule has 0 unspecified atom stereocenters. The van der Waals surface area contributed by atoms with E-state index in [1.165, 1.54) is 12.1 Å². The van der Waals surface area contributed by atoms with Crippen molar-refractivity contribution in [3.8, 4) is 0 Å². The minimum absolute atomic E-state index is 0.00731. The number of carboxylic acid groups (broad SMARTS) is 1. The summed E-state index contributed by atoms with van der Waals surface area (Å²) in [6, 6.07) is 5.33. The van der Waals surface area contributed by atoms with Gasteiger partial charge < -0.3 is 20.8 Å². The van der Waals surface area contributed by atoms with E-state index in [1.54, 1.807) is 12.1 Å². The third kappa shape index (κ3) is 5.87. The first-order chi connectivity index (χ1) is 9.90. The maximum atomic E-state index is 11.3.